The van der Waals surface area contributed by atoms with Gasteiger partial charge in [-0.15, -0.1) is 0 Å². The second-order valence-electron chi connectivity index (χ2n) is 6.63. The Kier molecular flexibility index (Phi) is 8.37. The highest BCUT2D eigenvalue weighted by molar-refractivity contribution is 7.89. The van der Waals surface area contributed by atoms with E-state index in [0.29, 0.717) is 25.9 Å². The smallest absolute Gasteiger partial charge is 0.246 e. The third-order valence-corrected chi connectivity index (χ3v) is 7.64. The van der Waals surface area contributed by atoms with Crippen molar-refractivity contribution in [2.75, 3.05) is 32.8 Å². The van der Waals surface area contributed by atoms with Crippen molar-refractivity contribution < 1.29 is 18.3 Å². The van der Waals surface area contributed by atoms with E-state index < -0.39 is 10.0 Å². The Morgan fingerprint density at radius 2 is 1.81 bits per heavy atom. The number of halogens is 2. The van der Waals surface area contributed by atoms with E-state index in [1.54, 1.807) is 11.0 Å². The lowest BCUT2D eigenvalue weighted by molar-refractivity contribution is -0.137. The molecular weight excluding hydrogens is 411 g/mol. The number of carbonyl (C=O) groups is 1. The second-order valence-corrected chi connectivity index (χ2v) is 9.32. The summed E-state index contributed by atoms with van der Waals surface area (Å²) in [5, 5.41) is 9.39. The first kappa shape index (κ1) is 22.4. The molecular formula is C18H26Cl2N2O4S. The lowest BCUT2D eigenvalue weighted by atomic mass is 9.96. The highest BCUT2D eigenvalue weighted by atomic mass is 35.5. The van der Waals surface area contributed by atoms with Gasteiger partial charge in [-0.3, -0.25) is 4.79 Å². The molecule has 1 aromatic carbocycles. The Hall–Kier alpha value is -0.860. The molecule has 0 spiro atoms. The molecule has 1 saturated heterocycles. The van der Waals surface area contributed by atoms with Crippen LogP contribution in [0.2, 0.25) is 10.0 Å². The van der Waals surface area contributed by atoms with E-state index in [0.717, 1.165) is 12.8 Å². The van der Waals surface area contributed by atoms with E-state index in [2.05, 4.69) is 0 Å². The lowest BCUT2D eigenvalue weighted by Crippen LogP contribution is -2.45. The van der Waals surface area contributed by atoms with Crippen LogP contribution >= 0.6 is 23.2 Å². The molecule has 9 heteroatoms. The summed E-state index contributed by atoms with van der Waals surface area (Å²) < 4.78 is 27.2. The van der Waals surface area contributed by atoms with E-state index >= 15 is 0 Å². The first-order valence-electron chi connectivity index (χ1n) is 9.16. The van der Waals surface area contributed by atoms with Crippen LogP contribution in [0, 0.1) is 5.92 Å². The monoisotopic (exact) mass is 436 g/mol. The minimum atomic E-state index is -3.81. The average Bonchev–Trinajstić information content (AvgIpc) is 2.64. The zero-order valence-electron chi connectivity index (χ0n) is 15.4. The van der Waals surface area contributed by atoms with Crippen molar-refractivity contribution >= 4 is 39.1 Å². The van der Waals surface area contributed by atoms with Gasteiger partial charge in [-0.1, -0.05) is 42.6 Å². The van der Waals surface area contributed by atoms with Gasteiger partial charge in [-0.2, -0.15) is 4.31 Å². The minimum Gasteiger partial charge on any atom is -0.395 e. The molecule has 0 saturated carbocycles. The Morgan fingerprint density at radius 3 is 2.33 bits per heavy atom. The summed E-state index contributed by atoms with van der Waals surface area (Å²) in [5.41, 5.74) is 0. The molecule has 0 unspecified atom stereocenters. The molecule has 2 rings (SSSR count). The number of carbonyl (C=O) groups excluding carboxylic acids is 1. The summed E-state index contributed by atoms with van der Waals surface area (Å²) in [6, 6.07) is 4.59. The first-order valence-corrected chi connectivity index (χ1v) is 11.4. The van der Waals surface area contributed by atoms with Gasteiger partial charge in [0.2, 0.25) is 15.9 Å². The maximum Gasteiger partial charge on any atom is 0.246 e. The van der Waals surface area contributed by atoms with Gasteiger partial charge >= 0.3 is 0 Å². The summed E-state index contributed by atoms with van der Waals surface area (Å²) >= 11 is 12.1. The van der Waals surface area contributed by atoms with Crippen LogP contribution in [0.5, 0.6) is 0 Å². The number of hydrogen-bond donors (Lipinski definition) is 1. The summed E-state index contributed by atoms with van der Waals surface area (Å²) in [5.74, 6) is -0.244. The van der Waals surface area contributed by atoms with Crippen LogP contribution < -0.4 is 0 Å². The lowest BCUT2D eigenvalue weighted by Gasteiger charge is -2.33. The van der Waals surface area contributed by atoms with Gasteiger partial charge in [0.05, 0.1) is 16.7 Å². The van der Waals surface area contributed by atoms with Crippen molar-refractivity contribution in [1.82, 2.24) is 9.21 Å². The van der Waals surface area contributed by atoms with Crippen molar-refractivity contribution in [2.24, 2.45) is 5.92 Å². The highest BCUT2D eigenvalue weighted by Crippen LogP contribution is 2.33. The fraction of sp³-hybridized carbons (Fsp3) is 0.611. The SMILES string of the molecule is CCCCN(CCO)C(=O)C1CCN(S(=O)(=O)c2c(Cl)cccc2Cl)CC1. The number of rotatable bonds is 8. The normalized spacial score (nSPS) is 16.4. The van der Waals surface area contributed by atoms with Gasteiger partial charge in [-0.25, -0.2) is 8.42 Å². The molecule has 6 nitrogen and oxygen atoms in total. The summed E-state index contributed by atoms with van der Waals surface area (Å²) in [6.45, 7) is 3.37. The van der Waals surface area contributed by atoms with Crippen molar-refractivity contribution in [2.45, 2.75) is 37.5 Å². The standard InChI is InChI=1S/C18H26Cl2N2O4S/c1-2-3-9-21(12-13-23)18(24)14-7-10-22(11-8-14)27(25,26)17-15(19)5-4-6-16(17)20/h4-6,14,23H,2-3,7-13H2,1H3. The van der Waals surface area contributed by atoms with Crippen molar-refractivity contribution in [3.05, 3.63) is 28.2 Å². The van der Waals surface area contributed by atoms with Crippen molar-refractivity contribution in [3.63, 3.8) is 0 Å². The van der Waals surface area contributed by atoms with Gasteiger partial charge in [0.15, 0.2) is 0 Å². The number of hydrogen-bond acceptors (Lipinski definition) is 4. The molecule has 1 aliphatic rings. The van der Waals surface area contributed by atoms with Crippen LogP contribution in [0.3, 0.4) is 0 Å². The average molecular weight is 437 g/mol. The quantitative estimate of drug-likeness (QED) is 0.678. The van der Waals surface area contributed by atoms with Crippen LogP contribution in [-0.4, -0.2) is 61.4 Å². The van der Waals surface area contributed by atoms with E-state index in [4.69, 9.17) is 23.2 Å². The van der Waals surface area contributed by atoms with Crippen molar-refractivity contribution in [3.8, 4) is 0 Å². The molecule has 0 bridgehead atoms. The summed E-state index contributed by atoms with van der Waals surface area (Å²) in [4.78, 5) is 14.3. The maximum absolute atomic E-state index is 12.9. The predicted octanol–water partition coefficient (Wildman–Crippen LogP) is 3.02. The van der Waals surface area contributed by atoms with E-state index in [9.17, 15) is 18.3 Å². The number of unbranched alkanes of at least 4 members (excludes halogenated alkanes) is 1. The van der Waals surface area contributed by atoms with E-state index in [-0.39, 0.29) is 46.5 Å². The van der Waals surface area contributed by atoms with Crippen LogP contribution in [0.4, 0.5) is 0 Å². The van der Waals surface area contributed by atoms with Crippen LogP contribution in [0.1, 0.15) is 32.6 Å². The zero-order valence-corrected chi connectivity index (χ0v) is 17.7. The molecule has 152 valence electrons. The number of aliphatic hydroxyl groups is 1. The molecule has 27 heavy (non-hydrogen) atoms. The number of aliphatic hydroxyl groups excluding tert-OH is 1. The topological polar surface area (TPSA) is 77.9 Å². The molecule has 1 N–H and O–H groups in total. The Balaban J connectivity index is 2.06. The fourth-order valence-corrected chi connectivity index (χ4v) is 5.82. The van der Waals surface area contributed by atoms with Crippen molar-refractivity contribution in [1.29, 1.82) is 0 Å². The van der Waals surface area contributed by atoms with Gasteiger partial charge in [-0.05, 0) is 31.4 Å². The predicted molar refractivity (Wildman–Crippen MR) is 107 cm³/mol. The highest BCUT2D eigenvalue weighted by Gasteiger charge is 2.35. The third kappa shape index (κ3) is 5.35. The second kappa shape index (κ2) is 10.1. The van der Waals surface area contributed by atoms with Gasteiger partial charge in [0.1, 0.15) is 4.90 Å². The maximum atomic E-state index is 12.9. The largest absolute Gasteiger partial charge is 0.395 e. The van der Waals surface area contributed by atoms with E-state index in [1.165, 1.54) is 16.4 Å². The Labute approximate surface area is 171 Å². The van der Waals surface area contributed by atoms with Gasteiger partial charge in [0.25, 0.3) is 0 Å². The van der Waals surface area contributed by atoms with E-state index in [1.807, 2.05) is 6.92 Å². The van der Waals surface area contributed by atoms with Gasteiger partial charge < -0.3 is 10.0 Å². The molecule has 0 aliphatic carbocycles. The Bertz CT molecular complexity index is 729. The molecule has 0 radical (unpaired) electrons. The van der Waals surface area contributed by atoms with Crippen LogP contribution in [0.25, 0.3) is 0 Å². The molecule has 1 aliphatic heterocycles. The van der Waals surface area contributed by atoms with Gasteiger partial charge in [0, 0.05) is 32.1 Å². The minimum absolute atomic E-state index is 0.00896. The Morgan fingerprint density at radius 1 is 1.22 bits per heavy atom. The fourth-order valence-electron chi connectivity index (χ4n) is 3.26. The summed E-state index contributed by atoms with van der Waals surface area (Å²) in [7, 11) is -3.81. The van der Waals surface area contributed by atoms with Crippen LogP contribution in [0.15, 0.2) is 23.1 Å². The number of sulfonamides is 1. The molecule has 1 fully saturated rings. The molecule has 1 amide bonds. The number of amides is 1. The first-order chi connectivity index (χ1) is 12.8. The zero-order chi connectivity index (χ0) is 20.0. The summed E-state index contributed by atoms with van der Waals surface area (Å²) in [6.07, 6.45) is 2.72. The molecule has 0 atom stereocenters. The molecule has 1 aromatic rings. The van der Waals surface area contributed by atoms with Crippen LogP contribution in [-0.2, 0) is 14.8 Å². The molecule has 0 aromatic heterocycles. The third-order valence-electron chi connectivity index (χ3n) is 4.78. The number of nitrogens with zero attached hydrogens (tertiary/aromatic N) is 2. The number of piperidine rings is 1. The number of benzene rings is 1. The molecule has 1 heterocycles.